The van der Waals surface area contributed by atoms with Crippen molar-refractivity contribution < 1.29 is 19.0 Å². The van der Waals surface area contributed by atoms with Gasteiger partial charge in [-0.15, -0.1) is 0 Å². The Morgan fingerprint density at radius 1 is 1.20 bits per heavy atom. The summed E-state index contributed by atoms with van der Waals surface area (Å²) < 4.78 is 18.0. The van der Waals surface area contributed by atoms with Gasteiger partial charge in [0.1, 0.15) is 17.1 Å². The van der Waals surface area contributed by atoms with Gasteiger partial charge in [0.05, 0.1) is 18.8 Å². The van der Waals surface area contributed by atoms with Crippen LogP contribution in [0.4, 0.5) is 0 Å². The molecule has 0 radical (unpaired) electrons. The van der Waals surface area contributed by atoms with Gasteiger partial charge in [-0.25, -0.2) is 14.9 Å². The summed E-state index contributed by atoms with van der Waals surface area (Å²) in [7, 11) is 1.78. The van der Waals surface area contributed by atoms with E-state index in [1.807, 2.05) is 31.2 Å². The molecular formula is C23H27N3O4. The van der Waals surface area contributed by atoms with E-state index >= 15 is 0 Å². The lowest BCUT2D eigenvalue weighted by molar-refractivity contribution is -0.216. The molecule has 0 saturated carbocycles. The van der Waals surface area contributed by atoms with Crippen LogP contribution in [0.1, 0.15) is 31.7 Å². The summed E-state index contributed by atoms with van der Waals surface area (Å²) in [4.78, 5) is 11.0. The predicted octanol–water partition coefficient (Wildman–Crippen LogP) is 3.43. The number of hydroxylamine groups is 2. The van der Waals surface area contributed by atoms with Gasteiger partial charge < -0.3 is 19.9 Å². The molecule has 3 aliphatic rings. The third-order valence-electron chi connectivity index (χ3n) is 5.96. The smallest absolute Gasteiger partial charge is 0.222 e. The van der Waals surface area contributed by atoms with E-state index in [0.717, 1.165) is 47.6 Å². The van der Waals surface area contributed by atoms with E-state index in [1.165, 1.54) is 5.06 Å². The highest BCUT2D eigenvalue weighted by Gasteiger charge is 2.55. The van der Waals surface area contributed by atoms with Crippen LogP contribution in [0.5, 0.6) is 11.5 Å². The second-order valence-electron chi connectivity index (χ2n) is 8.13. The molecule has 0 aromatic heterocycles. The van der Waals surface area contributed by atoms with Crippen LogP contribution in [0.2, 0.25) is 0 Å². The van der Waals surface area contributed by atoms with Crippen molar-refractivity contribution in [2.75, 3.05) is 26.9 Å². The fraction of sp³-hybridized carbons (Fsp3) is 0.435. The molecule has 0 amide bonds. The molecule has 2 unspecified atom stereocenters. The Hall–Kier alpha value is -2.77. The van der Waals surface area contributed by atoms with E-state index in [-0.39, 0.29) is 0 Å². The number of ether oxygens (including phenoxy) is 3. The summed E-state index contributed by atoms with van der Waals surface area (Å²) in [5.41, 5.74) is 7.73. The summed E-state index contributed by atoms with van der Waals surface area (Å²) in [6.45, 7) is 3.89. The molecule has 5 rings (SSSR count). The number of rotatable bonds is 3. The molecule has 7 heteroatoms. The first-order chi connectivity index (χ1) is 14.5. The topological polar surface area (TPSA) is 78.5 Å². The predicted molar refractivity (Wildman–Crippen MR) is 113 cm³/mol. The molecule has 1 fully saturated rings. The van der Waals surface area contributed by atoms with Crippen LogP contribution < -0.4 is 15.2 Å². The van der Waals surface area contributed by atoms with Crippen molar-refractivity contribution in [3.63, 3.8) is 0 Å². The van der Waals surface area contributed by atoms with Gasteiger partial charge in [0.2, 0.25) is 11.7 Å². The van der Waals surface area contributed by atoms with Crippen molar-refractivity contribution >= 4 is 5.96 Å². The van der Waals surface area contributed by atoms with Crippen LogP contribution in [-0.4, -0.2) is 43.5 Å². The number of nitrogens with two attached hydrogens (primary N) is 1. The molecule has 2 aromatic rings. The Balaban J connectivity index is 1.60. The Kier molecular flexibility index (Phi) is 4.60. The third kappa shape index (κ3) is 3.18. The summed E-state index contributed by atoms with van der Waals surface area (Å²) in [5.74, 6) is 1.97. The highest BCUT2D eigenvalue weighted by molar-refractivity contribution is 5.79. The SMILES string of the molecule is CCOc1cccc(-c2ccc3c(c2)C2(CC4(CCCOC4)O3)N=C(N)N(C)O2)c1. The number of fused-ring (bicyclic) bond motifs is 2. The van der Waals surface area contributed by atoms with E-state index in [2.05, 4.69) is 18.2 Å². The maximum Gasteiger partial charge on any atom is 0.222 e. The van der Waals surface area contributed by atoms with Gasteiger partial charge in [-0.3, -0.25) is 0 Å². The van der Waals surface area contributed by atoms with Crippen LogP contribution >= 0.6 is 0 Å². The van der Waals surface area contributed by atoms with Crippen molar-refractivity contribution in [3.05, 3.63) is 48.0 Å². The Labute approximate surface area is 176 Å². The zero-order valence-electron chi connectivity index (χ0n) is 17.4. The molecule has 2 spiro atoms. The minimum atomic E-state index is -0.916. The number of guanidine groups is 1. The number of nitrogens with zero attached hydrogens (tertiary/aromatic N) is 2. The van der Waals surface area contributed by atoms with Crippen molar-refractivity contribution in [1.82, 2.24) is 5.06 Å². The Bertz CT molecular complexity index is 986. The zero-order valence-corrected chi connectivity index (χ0v) is 17.4. The first kappa shape index (κ1) is 19.2. The van der Waals surface area contributed by atoms with Crippen molar-refractivity contribution in [1.29, 1.82) is 0 Å². The summed E-state index contributed by atoms with van der Waals surface area (Å²) in [6.07, 6.45) is 2.40. The molecule has 0 aliphatic carbocycles. The lowest BCUT2D eigenvalue weighted by atomic mass is 9.80. The van der Waals surface area contributed by atoms with Crippen molar-refractivity contribution in [2.45, 2.75) is 37.5 Å². The summed E-state index contributed by atoms with van der Waals surface area (Å²) in [5, 5.41) is 1.54. The Morgan fingerprint density at radius 2 is 2.07 bits per heavy atom. The monoisotopic (exact) mass is 409 g/mol. The molecule has 1 saturated heterocycles. The van der Waals surface area contributed by atoms with Gasteiger partial charge in [0, 0.05) is 20.1 Å². The minimum Gasteiger partial charge on any atom is -0.494 e. The van der Waals surface area contributed by atoms with Crippen LogP contribution in [0.3, 0.4) is 0 Å². The van der Waals surface area contributed by atoms with E-state index in [1.54, 1.807) is 7.05 Å². The molecule has 158 valence electrons. The molecule has 0 bridgehead atoms. The fourth-order valence-corrected chi connectivity index (χ4v) is 4.61. The van der Waals surface area contributed by atoms with Gasteiger partial charge in [0.25, 0.3) is 0 Å². The zero-order chi connectivity index (χ0) is 20.8. The second-order valence-corrected chi connectivity index (χ2v) is 8.13. The molecular weight excluding hydrogens is 382 g/mol. The number of benzene rings is 2. The lowest BCUT2D eigenvalue weighted by Gasteiger charge is -2.46. The van der Waals surface area contributed by atoms with E-state index in [9.17, 15) is 0 Å². The first-order valence-electron chi connectivity index (χ1n) is 10.5. The Morgan fingerprint density at radius 3 is 2.80 bits per heavy atom. The minimum absolute atomic E-state index is 0.360. The van der Waals surface area contributed by atoms with Gasteiger partial charge in [-0.2, -0.15) is 0 Å². The molecule has 30 heavy (non-hydrogen) atoms. The van der Waals surface area contributed by atoms with Gasteiger partial charge in [-0.05, 0) is 55.2 Å². The van der Waals surface area contributed by atoms with Crippen molar-refractivity contribution in [2.24, 2.45) is 10.7 Å². The fourth-order valence-electron chi connectivity index (χ4n) is 4.61. The van der Waals surface area contributed by atoms with Crippen molar-refractivity contribution in [3.8, 4) is 22.6 Å². The molecule has 2 aromatic carbocycles. The van der Waals surface area contributed by atoms with Crippen LogP contribution in [0.25, 0.3) is 11.1 Å². The number of hydrogen-bond acceptors (Lipinski definition) is 7. The molecule has 3 aliphatic heterocycles. The third-order valence-corrected chi connectivity index (χ3v) is 5.96. The lowest BCUT2D eigenvalue weighted by Crippen LogP contribution is -2.53. The number of hydrogen-bond donors (Lipinski definition) is 1. The van der Waals surface area contributed by atoms with Gasteiger partial charge in [0.15, 0.2) is 0 Å². The summed E-state index contributed by atoms with van der Waals surface area (Å²) in [6, 6.07) is 14.2. The number of aliphatic imine (C=N–C) groups is 1. The quantitative estimate of drug-likeness (QED) is 0.837. The maximum atomic E-state index is 6.51. The second kappa shape index (κ2) is 7.18. The van der Waals surface area contributed by atoms with Crippen LogP contribution in [-0.2, 0) is 15.3 Å². The average molecular weight is 409 g/mol. The largest absolute Gasteiger partial charge is 0.494 e. The van der Waals surface area contributed by atoms with Gasteiger partial charge in [-0.1, -0.05) is 18.2 Å². The molecule has 2 atom stereocenters. The van der Waals surface area contributed by atoms with E-state index in [4.69, 9.17) is 29.8 Å². The molecule has 3 heterocycles. The normalized spacial score (nSPS) is 27.7. The summed E-state index contributed by atoms with van der Waals surface area (Å²) >= 11 is 0. The molecule has 2 N–H and O–H groups in total. The van der Waals surface area contributed by atoms with E-state index < -0.39 is 11.3 Å². The van der Waals surface area contributed by atoms with Crippen LogP contribution in [0.15, 0.2) is 47.5 Å². The average Bonchev–Trinajstić information content (AvgIpc) is 3.02. The van der Waals surface area contributed by atoms with E-state index in [0.29, 0.717) is 25.6 Å². The first-order valence-corrected chi connectivity index (χ1v) is 10.5. The maximum absolute atomic E-state index is 6.51. The highest BCUT2D eigenvalue weighted by atomic mass is 16.7. The molecule has 7 nitrogen and oxygen atoms in total. The van der Waals surface area contributed by atoms with Gasteiger partial charge >= 0.3 is 0 Å². The van der Waals surface area contributed by atoms with Crippen LogP contribution in [0, 0.1) is 0 Å². The standard InChI is InChI=1S/C23H27N3O4/c1-3-28-18-7-4-6-16(12-18)17-8-9-20-19(13-17)23(25-21(24)26(2)30-23)14-22(29-20)10-5-11-27-15-22/h4,6-9,12-13H,3,5,10-11,14-15H2,1-2H3,(H2,24,25). The highest BCUT2D eigenvalue weighted by Crippen LogP contribution is 2.51.